The fourth-order valence-electron chi connectivity index (χ4n) is 1.79. The summed E-state index contributed by atoms with van der Waals surface area (Å²) in [6.45, 7) is 5.70. The van der Waals surface area contributed by atoms with Crippen molar-refractivity contribution in [2.24, 2.45) is 0 Å². The van der Waals surface area contributed by atoms with Gasteiger partial charge in [-0.25, -0.2) is 0 Å². The van der Waals surface area contributed by atoms with Crippen LogP contribution in [0.3, 0.4) is 0 Å². The van der Waals surface area contributed by atoms with E-state index in [0.29, 0.717) is 17.1 Å². The molecule has 0 radical (unpaired) electrons. The highest BCUT2D eigenvalue weighted by Crippen LogP contribution is 2.36. The summed E-state index contributed by atoms with van der Waals surface area (Å²) < 4.78 is 0. The molecule has 0 fully saturated rings. The van der Waals surface area contributed by atoms with Crippen LogP contribution in [0.4, 0.5) is 17.1 Å². The third-order valence-electron chi connectivity index (χ3n) is 2.74. The maximum Gasteiger partial charge on any atom is 0.299 e. The monoisotopic (exact) mass is 312 g/mol. The van der Waals surface area contributed by atoms with Gasteiger partial charge in [-0.15, -0.1) is 0 Å². The molecule has 0 saturated carbocycles. The highest BCUT2D eigenvalue weighted by Gasteiger charge is 2.27. The Morgan fingerprint density at radius 2 is 1.76 bits per heavy atom. The largest absolute Gasteiger partial charge is 0.378 e. The number of nitro benzene ring substituents is 2. The minimum atomic E-state index is -0.647. The summed E-state index contributed by atoms with van der Waals surface area (Å²) in [5, 5.41) is 27.9. The maximum absolute atomic E-state index is 11.1. The highest BCUT2D eigenvalue weighted by molar-refractivity contribution is 7.80. The Labute approximate surface area is 126 Å². The molecule has 8 nitrogen and oxygen atoms in total. The number of likely N-dealkylation sites (N-methyl/N-ethyl adjacent to an activating group) is 1. The molecule has 0 saturated heterocycles. The van der Waals surface area contributed by atoms with Crippen LogP contribution in [-0.4, -0.2) is 27.4 Å². The van der Waals surface area contributed by atoms with E-state index in [1.165, 1.54) is 12.1 Å². The zero-order valence-electron chi connectivity index (χ0n) is 11.9. The molecule has 1 unspecified atom stereocenters. The van der Waals surface area contributed by atoms with Gasteiger partial charge in [-0.05, 0) is 26.3 Å². The zero-order valence-corrected chi connectivity index (χ0v) is 12.7. The van der Waals surface area contributed by atoms with Crippen LogP contribution in [0.25, 0.3) is 0 Å². The average molecular weight is 312 g/mol. The van der Waals surface area contributed by atoms with Gasteiger partial charge in [0, 0.05) is 18.7 Å². The van der Waals surface area contributed by atoms with Crippen molar-refractivity contribution in [2.75, 3.05) is 11.9 Å². The van der Waals surface area contributed by atoms with Crippen LogP contribution < -0.4 is 10.6 Å². The molecular weight excluding hydrogens is 296 g/mol. The molecule has 0 spiro atoms. The molecule has 0 heterocycles. The smallest absolute Gasteiger partial charge is 0.299 e. The molecule has 1 rings (SSSR count). The van der Waals surface area contributed by atoms with Gasteiger partial charge in [0.1, 0.15) is 0 Å². The molecule has 0 bridgehead atoms. The van der Waals surface area contributed by atoms with Crippen molar-refractivity contribution in [2.45, 2.75) is 26.8 Å². The first kappa shape index (κ1) is 16.8. The van der Waals surface area contributed by atoms with Crippen molar-refractivity contribution < 1.29 is 9.85 Å². The van der Waals surface area contributed by atoms with E-state index < -0.39 is 15.9 Å². The first-order valence-electron chi connectivity index (χ1n) is 6.25. The predicted octanol–water partition coefficient (Wildman–Crippen LogP) is 2.55. The molecule has 0 aliphatic rings. The number of anilines is 1. The van der Waals surface area contributed by atoms with E-state index in [1.807, 2.05) is 6.92 Å². The number of nitrogens with one attached hydrogen (secondary N) is 2. The van der Waals surface area contributed by atoms with Crippen molar-refractivity contribution in [3.05, 3.63) is 37.9 Å². The van der Waals surface area contributed by atoms with Gasteiger partial charge in [-0.3, -0.25) is 20.2 Å². The van der Waals surface area contributed by atoms with E-state index in [4.69, 9.17) is 12.2 Å². The highest BCUT2D eigenvalue weighted by atomic mass is 32.1. The number of hydrogen-bond acceptors (Lipinski definition) is 6. The molecule has 0 aliphatic heterocycles. The zero-order chi connectivity index (χ0) is 16.2. The first-order chi connectivity index (χ1) is 9.77. The molecule has 1 atom stereocenters. The molecule has 1 aromatic rings. The normalized spacial score (nSPS) is 11.6. The Morgan fingerprint density at radius 3 is 2.14 bits per heavy atom. The van der Waals surface area contributed by atoms with Gasteiger partial charge >= 0.3 is 0 Å². The lowest BCUT2D eigenvalue weighted by Crippen LogP contribution is -2.36. The second kappa shape index (κ2) is 6.93. The van der Waals surface area contributed by atoms with E-state index >= 15 is 0 Å². The predicted molar refractivity (Wildman–Crippen MR) is 83.8 cm³/mol. The van der Waals surface area contributed by atoms with E-state index in [-0.39, 0.29) is 17.1 Å². The molecule has 9 heteroatoms. The van der Waals surface area contributed by atoms with Crippen molar-refractivity contribution in [1.29, 1.82) is 0 Å². The average Bonchev–Trinajstić information content (AvgIpc) is 2.39. The minimum Gasteiger partial charge on any atom is -0.378 e. The van der Waals surface area contributed by atoms with Crippen molar-refractivity contribution >= 4 is 34.3 Å². The number of benzene rings is 1. The molecule has 2 N–H and O–H groups in total. The number of aryl methyl sites for hydroxylation is 1. The van der Waals surface area contributed by atoms with Crippen LogP contribution in [0, 0.1) is 27.2 Å². The summed E-state index contributed by atoms with van der Waals surface area (Å²) in [4.78, 5) is 21.4. The lowest BCUT2D eigenvalue weighted by molar-refractivity contribution is -0.392. The van der Waals surface area contributed by atoms with Crippen LogP contribution in [0.15, 0.2) is 12.1 Å². The van der Waals surface area contributed by atoms with Crippen LogP contribution in [-0.2, 0) is 0 Å². The number of nitro groups is 2. The first-order valence-corrected chi connectivity index (χ1v) is 6.66. The summed E-state index contributed by atoms with van der Waals surface area (Å²) in [5.74, 6) is 0. The summed E-state index contributed by atoms with van der Waals surface area (Å²) in [6.07, 6.45) is 0. The number of nitrogens with zero attached hydrogens (tertiary/aromatic N) is 2. The Hall–Kier alpha value is -2.29. The number of hydrogen-bond donors (Lipinski definition) is 2. The summed E-state index contributed by atoms with van der Waals surface area (Å²) in [6, 6.07) is 2.11. The van der Waals surface area contributed by atoms with Gasteiger partial charge in [-0.2, -0.15) is 0 Å². The maximum atomic E-state index is 11.1. The van der Waals surface area contributed by atoms with Gasteiger partial charge in [0.15, 0.2) is 5.69 Å². The minimum absolute atomic E-state index is 0.136. The van der Waals surface area contributed by atoms with Crippen LogP contribution >= 0.6 is 12.2 Å². The Balaban J connectivity index is 3.28. The summed E-state index contributed by atoms with van der Waals surface area (Å²) >= 11 is 5.11. The van der Waals surface area contributed by atoms with Crippen LogP contribution in [0.5, 0.6) is 0 Å². The van der Waals surface area contributed by atoms with Gasteiger partial charge in [0.05, 0.1) is 20.9 Å². The second-order valence-corrected chi connectivity index (χ2v) is 4.89. The van der Waals surface area contributed by atoms with Gasteiger partial charge < -0.3 is 10.6 Å². The molecule has 21 heavy (non-hydrogen) atoms. The van der Waals surface area contributed by atoms with Gasteiger partial charge in [0.2, 0.25) is 0 Å². The van der Waals surface area contributed by atoms with Crippen molar-refractivity contribution in [1.82, 2.24) is 5.32 Å². The van der Waals surface area contributed by atoms with Crippen LogP contribution in [0.2, 0.25) is 0 Å². The molecule has 0 amide bonds. The third kappa shape index (κ3) is 4.09. The van der Waals surface area contributed by atoms with E-state index in [1.54, 1.807) is 13.8 Å². The molecule has 114 valence electrons. The second-order valence-electron chi connectivity index (χ2n) is 4.45. The summed E-state index contributed by atoms with van der Waals surface area (Å²) in [5.41, 5.74) is -0.370. The van der Waals surface area contributed by atoms with Gasteiger partial charge in [-0.1, -0.05) is 12.2 Å². The Morgan fingerprint density at radius 1 is 1.29 bits per heavy atom. The SMILES string of the molecule is CCNC(=S)C(C)Nc1c([N+](=O)[O-])cc(C)cc1[N+](=O)[O-]. The molecule has 0 aliphatic carbocycles. The summed E-state index contributed by atoms with van der Waals surface area (Å²) in [7, 11) is 0. The fourth-order valence-corrected chi connectivity index (χ4v) is 2.00. The molecule has 1 aromatic carbocycles. The Bertz CT molecular complexity index is 556. The topological polar surface area (TPSA) is 110 Å². The van der Waals surface area contributed by atoms with E-state index in [0.717, 1.165) is 0 Å². The number of thiocarbonyl (C=S) groups is 1. The lowest BCUT2D eigenvalue weighted by Gasteiger charge is -2.17. The standard InChI is InChI=1S/C12H16N4O4S/c1-4-13-12(21)8(3)14-11-9(15(17)18)5-7(2)6-10(11)16(19)20/h5-6,8,14H,4H2,1-3H3,(H,13,21). The molecular formula is C12H16N4O4S. The number of rotatable bonds is 6. The van der Waals surface area contributed by atoms with Crippen molar-refractivity contribution in [3.63, 3.8) is 0 Å². The quantitative estimate of drug-likeness (QED) is 0.471. The van der Waals surface area contributed by atoms with E-state index in [2.05, 4.69) is 10.6 Å². The van der Waals surface area contributed by atoms with Crippen molar-refractivity contribution in [3.8, 4) is 0 Å². The third-order valence-corrected chi connectivity index (χ3v) is 3.24. The lowest BCUT2D eigenvalue weighted by atomic mass is 10.1. The fraction of sp³-hybridized carbons (Fsp3) is 0.417. The van der Waals surface area contributed by atoms with Gasteiger partial charge in [0.25, 0.3) is 11.4 Å². The molecule has 0 aromatic heterocycles. The van der Waals surface area contributed by atoms with E-state index in [9.17, 15) is 20.2 Å². The van der Waals surface area contributed by atoms with Crippen LogP contribution in [0.1, 0.15) is 19.4 Å². The Kier molecular flexibility index (Phi) is 5.53.